The number of anilines is 3. The van der Waals surface area contributed by atoms with Crippen LogP contribution < -0.4 is 26.2 Å². The van der Waals surface area contributed by atoms with E-state index in [1.807, 2.05) is 30.3 Å². The summed E-state index contributed by atoms with van der Waals surface area (Å²) < 4.78 is 44.6. The van der Waals surface area contributed by atoms with Gasteiger partial charge in [-0.2, -0.15) is 13.2 Å². The van der Waals surface area contributed by atoms with Gasteiger partial charge < -0.3 is 15.4 Å². The third kappa shape index (κ3) is 4.86. The Hall–Kier alpha value is -4.18. The molecule has 0 saturated carbocycles. The molecule has 3 saturated heterocycles. The molecule has 4 unspecified atom stereocenters. The van der Waals surface area contributed by atoms with Gasteiger partial charge >= 0.3 is 6.18 Å². The fraction of sp³-hybridized carbons (Fsp3) is 0.323. The maximum absolute atomic E-state index is 13.0. The van der Waals surface area contributed by atoms with Crippen LogP contribution >= 0.6 is 0 Å². The Kier molecular flexibility index (Phi) is 6.81. The van der Waals surface area contributed by atoms with Crippen molar-refractivity contribution in [3.8, 4) is 5.75 Å². The Morgan fingerprint density at radius 1 is 1.10 bits per heavy atom. The lowest BCUT2D eigenvalue weighted by molar-refractivity contribution is -0.137. The van der Waals surface area contributed by atoms with Crippen LogP contribution in [-0.4, -0.2) is 36.1 Å². The number of nitrogens with one attached hydrogen (secondary N) is 2. The molecule has 2 bridgehead atoms. The van der Waals surface area contributed by atoms with Crippen molar-refractivity contribution in [2.24, 2.45) is 11.8 Å². The molecule has 0 aliphatic carbocycles. The van der Waals surface area contributed by atoms with Crippen LogP contribution in [-0.2, 0) is 6.18 Å². The van der Waals surface area contributed by atoms with Crippen LogP contribution in [0.15, 0.2) is 77.0 Å². The van der Waals surface area contributed by atoms with Crippen LogP contribution in [0.4, 0.5) is 30.2 Å². The van der Waals surface area contributed by atoms with Crippen LogP contribution in [0.3, 0.4) is 0 Å². The van der Waals surface area contributed by atoms with Gasteiger partial charge in [-0.05, 0) is 85.3 Å². The average Bonchev–Trinajstić information content (AvgIpc) is 3.00. The molecule has 7 rings (SSSR count). The van der Waals surface area contributed by atoms with E-state index in [4.69, 9.17) is 4.74 Å². The molecule has 3 aliphatic rings. The molecule has 41 heavy (non-hydrogen) atoms. The molecule has 4 heterocycles. The minimum atomic E-state index is -4.48. The Labute approximate surface area is 234 Å². The summed E-state index contributed by atoms with van der Waals surface area (Å²) in [5, 5.41) is 7.14. The summed E-state index contributed by atoms with van der Waals surface area (Å²) >= 11 is 0. The molecule has 3 aromatic carbocycles. The van der Waals surface area contributed by atoms with Gasteiger partial charge in [0.1, 0.15) is 17.1 Å². The number of alkyl halides is 3. The quantitative estimate of drug-likeness (QED) is 0.212. The largest absolute Gasteiger partial charge is 0.497 e. The molecule has 1 aromatic heterocycles. The minimum Gasteiger partial charge on any atom is -0.497 e. The van der Waals surface area contributed by atoms with Crippen molar-refractivity contribution in [1.82, 2.24) is 9.88 Å². The van der Waals surface area contributed by atoms with E-state index in [9.17, 15) is 22.8 Å². The first kappa shape index (κ1) is 27.0. The van der Waals surface area contributed by atoms with Crippen LogP contribution in [0.2, 0.25) is 0 Å². The zero-order valence-corrected chi connectivity index (χ0v) is 22.4. The third-order valence-corrected chi connectivity index (χ3v) is 8.55. The predicted octanol–water partition coefficient (Wildman–Crippen LogP) is 5.65. The first-order valence-corrected chi connectivity index (χ1v) is 13.5. The second-order valence-corrected chi connectivity index (χ2v) is 10.8. The average molecular weight is 563 g/mol. The normalized spacial score (nSPS) is 22.9. The highest BCUT2D eigenvalue weighted by molar-refractivity contribution is 5.85. The van der Waals surface area contributed by atoms with Crippen molar-refractivity contribution in [1.29, 1.82) is 0 Å². The number of fused-ring (bicyclic) bond motifs is 4. The number of hydrogen-bond acceptors (Lipinski definition) is 7. The number of aromatic nitrogens is 1. The van der Waals surface area contributed by atoms with E-state index in [0.29, 0.717) is 17.6 Å². The molecule has 3 fully saturated rings. The van der Waals surface area contributed by atoms with Gasteiger partial charge in [0.2, 0.25) is 0 Å². The van der Waals surface area contributed by atoms with Crippen molar-refractivity contribution in [2.45, 2.75) is 31.1 Å². The van der Waals surface area contributed by atoms with Gasteiger partial charge in [-0.15, -0.1) is 6.58 Å². The van der Waals surface area contributed by atoms with E-state index in [1.54, 1.807) is 13.3 Å². The summed E-state index contributed by atoms with van der Waals surface area (Å²) in [6.45, 7) is 5.79. The molecule has 212 valence electrons. The number of pyridine rings is 1. The van der Waals surface area contributed by atoms with Crippen molar-refractivity contribution in [3.63, 3.8) is 0 Å². The molecule has 2 N–H and O–H groups in total. The topological polar surface area (TPSA) is 83.6 Å². The van der Waals surface area contributed by atoms with Crippen LogP contribution in [0.5, 0.6) is 5.75 Å². The lowest BCUT2D eigenvalue weighted by Gasteiger charge is -2.52. The van der Waals surface area contributed by atoms with Gasteiger partial charge in [-0.25, -0.2) is 0 Å². The highest BCUT2D eigenvalue weighted by Crippen LogP contribution is 2.44. The van der Waals surface area contributed by atoms with Gasteiger partial charge in [0, 0.05) is 29.9 Å². The molecule has 0 amide bonds. The van der Waals surface area contributed by atoms with E-state index in [0.717, 1.165) is 54.5 Å². The number of nitrogens with zero attached hydrogens (tertiary/aromatic N) is 2. The smallest absolute Gasteiger partial charge is 0.416 e. The number of benzene rings is 2. The maximum atomic E-state index is 13.0. The Morgan fingerprint density at radius 3 is 2.51 bits per heavy atom. The predicted molar refractivity (Wildman–Crippen MR) is 153 cm³/mol. The highest BCUT2D eigenvalue weighted by Gasteiger charge is 2.43. The SMILES string of the molecule is C=CC1CN2CCC1CC2[C@H](Nc1c(Nc2ccc(C(F)(F)F)cc2)c(=O)c1=O)c1ccnc2ccc(OC)cc12. The van der Waals surface area contributed by atoms with Gasteiger partial charge in [-0.3, -0.25) is 19.5 Å². The molecule has 0 spiro atoms. The second-order valence-electron chi connectivity index (χ2n) is 10.8. The molecular formula is C31H29F3N4O3. The lowest BCUT2D eigenvalue weighted by Crippen LogP contribution is -2.56. The molecule has 7 nitrogen and oxygen atoms in total. The number of ether oxygens (including phenoxy) is 1. The number of hydrogen-bond donors (Lipinski definition) is 2. The standard InChI is InChI=1S/C31H29F3N4O3/c1-3-17-16-38-13-11-18(17)14-25(38)26(22-10-12-35-24-9-8-21(41-2)15-23(22)24)37-28-27(29(39)30(28)40)36-20-6-4-19(5-7-20)31(32,33)34/h3-10,12,15,17-18,25-26,36-37H,1,11,13-14,16H2,2H3/t17?,18?,25?,26-/m1/s1. The number of halogens is 3. The fourth-order valence-electron chi connectivity index (χ4n) is 6.34. The molecule has 10 heteroatoms. The first-order valence-electron chi connectivity index (χ1n) is 13.5. The summed E-state index contributed by atoms with van der Waals surface area (Å²) in [6.07, 6.45) is 1.20. The lowest BCUT2D eigenvalue weighted by atomic mass is 9.73. The molecular weight excluding hydrogens is 533 g/mol. The molecule has 5 atom stereocenters. The van der Waals surface area contributed by atoms with Crippen molar-refractivity contribution in [3.05, 3.63) is 99.0 Å². The van der Waals surface area contributed by atoms with Crippen molar-refractivity contribution >= 4 is 28.0 Å². The van der Waals surface area contributed by atoms with Gasteiger partial charge in [0.25, 0.3) is 10.9 Å². The monoisotopic (exact) mass is 562 g/mol. The Balaban J connectivity index is 1.39. The van der Waals surface area contributed by atoms with Gasteiger partial charge in [0.15, 0.2) is 0 Å². The zero-order valence-electron chi connectivity index (χ0n) is 22.4. The van der Waals surface area contributed by atoms with Gasteiger partial charge in [-0.1, -0.05) is 6.08 Å². The Bertz CT molecular complexity index is 1680. The summed E-state index contributed by atoms with van der Waals surface area (Å²) in [5.41, 5.74) is -0.0711. The number of methoxy groups -OCH3 is 1. The molecule has 4 aromatic rings. The van der Waals surface area contributed by atoms with Crippen molar-refractivity contribution in [2.75, 3.05) is 30.8 Å². The maximum Gasteiger partial charge on any atom is 0.416 e. The fourth-order valence-corrected chi connectivity index (χ4v) is 6.34. The van der Waals surface area contributed by atoms with Crippen LogP contribution in [0.1, 0.15) is 30.0 Å². The minimum absolute atomic E-state index is 0.0186. The highest BCUT2D eigenvalue weighted by atomic mass is 19.4. The first-order chi connectivity index (χ1) is 19.7. The molecule has 0 radical (unpaired) electrons. The third-order valence-electron chi connectivity index (χ3n) is 8.55. The number of piperidine rings is 3. The summed E-state index contributed by atoms with van der Waals surface area (Å²) in [6, 6.07) is 11.5. The van der Waals surface area contributed by atoms with Gasteiger partial charge in [0.05, 0.1) is 24.2 Å². The molecule has 3 aliphatic heterocycles. The van der Waals surface area contributed by atoms with Crippen molar-refractivity contribution < 1.29 is 17.9 Å². The van der Waals surface area contributed by atoms with E-state index < -0.39 is 22.6 Å². The van der Waals surface area contributed by atoms with E-state index >= 15 is 0 Å². The Morgan fingerprint density at radius 2 is 1.85 bits per heavy atom. The van der Waals surface area contributed by atoms with E-state index in [1.165, 1.54) is 12.1 Å². The van der Waals surface area contributed by atoms with E-state index in [-0.39, 0.29) is 29.1 Å². The second kappa shape index (κ2) is 10.3. The summed E-state index contributed by atoms with van der Waals surface area (Å²) in [7, 11) is 1.59. The van der Waals surface area contributed by atoms with Crippen LogP contribution in [0.25, 0.3) is 10.9 Å². The van der Waals surface area contributed by atoms with E-state index in [2.05, 4.69) is 27.1 Å². The summed E-state index contributed by atoms with van der Waals surface area (Å²) in [4.78, 5) is 32.5. The van der Waals surface area contributed by atoms with Crippen LogP contribution in [0, 0.1) is 11.8 Å². The summed E-state index contributed by atoms with van der Waals surface area (Å²) in [5.74, 6) is 1.51. The zero-order chi connectivity index (χ0) is 28.9. The number of rotatable bonds is 8.